The number of carbonyl (C=O) groups excluding carboxylic acids is 1. The van der Waals surface area contributed by atoms with Crippen molar-refractivity contribution >= 4 is 29.3 Å². The number of nitrogens with zero attached hydrogens (tertiary/aromatic N) is 3. The normalized spacial score (nSPS) is 12.6. The molecular formula is C28H21ClN4O3. The molecule has 1 amide bonds. The summed E-state index contributed by atoms with van der Waals surface area (Å²) in [5.41, 5.74) is 4.00. The minimum atomic E-state index is -0.538. The standard InChI is InChI=1S/C28H21ClN4O3/c1-18-23(29)8-5-9-24(18)31-28(34)20(16-30)14-21-17-33(22-6-3-2-4-7-22)32-27(21)19-10-11-25-26(15-19)36-13-12-35-25/h2-11,14-15,17H,12-13H2,1H3,(H,31,34). The first-order valence-electron chi connectivity index (χ1n) is 11.3. The second-order valence-corrected chi connectivity index (χ2v) is 8.52. The van der Waals surface area contributed by atoms with Crippen molar-refractivity contribution < 1.29 is 14.3 Å². The molecule has 8 heteroatoms. The lowest BCUT2D eigenvalue weighted by molar-refractivity contribution is -0.112. The highest BCUT2D eigenvalue weighted by Gasteiger charge is 2.19. The first-order chi connectivity index (χ1) is 17.5. The fourth-order valence-corrected chi connectivity index (χ4v) is 4.03. The molecule has 0 spiro atoms. The molecule has 0 saturated heterocycles. The Balaban J connectivity index is 1.56. The zero-order valence-corrected chi connectivity index (χ0v) is 20.1. The van der Waals surface area contributed by atoms with Crippen LogP contribution in [0.4, 0.5) is 5.69 Å². The van der Waals surface area contributed by atoms with Gasteiger partial charge in [0, 0.05) is 28.0 Å². The monoisotopic (exact) mass is 496 g/mol. The van der Waals surface area contributed by atoms with Crippen molar-refractivity contribution in [2.24, 2.45) is 0 Å². The molecule has 0 fully saturated rings. The van der Waals surface area contributed by atoms with Crippen LogP contribution in [0.25, 0.3) is 23.0 Å². The van der Waals surface area contributed by atoms with Gasteiger partial charge in [0.25, 0.3) is 5.91 Å². The quantitative estimate of drug-likeness (QED) is 0.278. The van der Waals surface area contributed by atoms with Crippen LogP contribution in [0.3, 0.4) is 0 Å². The van der Waals surface area contributed by atoms with Gasteiger partial charge in [0.15, 0.2) is 11.5 Å². The van der Waals surface area contributed by atoms with E-state index in [4.69, 9.17) is 26.2 Å². The number of para-hydroxylation sites is 1. The van der Waals surface area contributed by atoms with E-state index in [0.29, 0.717) is 46.7 Å². The Morgan fingerprint density at radius 3 is 2.64 bits per heavy atom. The smallest absolute Gasteiger partial charge is 0.266 e. The molecule has 0 atom stereocenters. The number of rotatable bonds is 5. The number of hydrogen-bond acceptors (Lipinski definition) is 5. The van der Waals surface area contributed by atoms with Gasteiger partial charge in [-0.15, -0.1) is 0 Å². The minimum absolute atomic E-state index is 0.0687. The van der Waals surface area contributed by atoms with Crippen molar-refractivity contribution in [2.45, 2.75) is 6.92 Å². The van der Waals surface area contributed by atoms with Crippen molar-refractivity contribution in [1.29, 1.82) is 5.26 Å². The summed E-state index contributed by atoms with van der Waals surface area (Å²) in [5, 5.41) is 17.9. The topological polar surface area (TPSA) is 89.2 Å². The maximum absolute atomic E-state index is 13.0. The Hall–Kier alpha value is -4.54. The van der Waals surface area contributed by atoms with E-state index in [0.717, 1.165) is 16.8 Å². The predicted octanol–water partition coefficient (Wildman–Crippen LogP) is 5.82. The zero-order chi connectivity index (χ0) is 25.1. The average molecular weight is 497 g/mol. The highest BCUT2D eigenvalue weighted by Crippen LogP contribution is 2.36. The number of amides is 1. The average Bonchev–Trinajstić information content (AvgIpc) is 3.34. The van der Waals surface area contributed by atoms with Gasteiger partial charge in [0.05, 0.1) is 5.69 Å². The second-order valence-electron chi connectivity index (χ2n) is 8.11. The molecule has 0 radical (unpaired) electrons. The fraction of sp³-hybridized carbons (Fsp3) is 0.107. The molecule has 1 aromatic heterocycles. The molecule has 0 unspecified atom stereocenters. The van der Waals surface area contributed by atoms with Crippen molar-refractivity contribution in [3.05, 3.63) is 94.6 Å². The third kappa shape index (κ3) is 4.67. The number of carbonyl (C=O) groups is 1. The Morgan fingerprint density at radius 1 is 1.08 bits per heavy atom. The number of benzene rings is 3. The van der Waals surface area contributed by atoms with Gasteiger partial charge < -0.3 is 14.8 Å². The molecule has 1 aliphatic heterocycles. The molecule has 3 aromatic carbocycles. The van der Waals surface area contributed by atoms with E-state index < -0.39 is 5.91 Å². The number of hydrogen-bond donors (Lipinski definition) is 1. The van der Waals surface area contributed by atoms with Gasteiger partial charge in [0.2, 0.25) is 0 Å². The highest BCUT2D eigenvalue weighted by atomic mass is 35.5. The maximum Gasteiger partial charge on any atom is 0.266 e. The summed E-state index contributed by atoms with van der Waals surface area (Å²) in [7, 11) is 0. The zero-order valence-electron chi connectivity index (χ0n) is 19.4. The van der Waals surface area contributed by atoms with Gasteiger partial charge in [-0.25, -0.2) is 4.68 Å². The van der Waals surface area contributed by atoms with Crippen LogP contribution in [0.2, 0.25) is 5.02 Å². The summed E-state index contributed by atoms with van der Waals surface area (Å²) in [5.74, 6) is 0.750. The van der Waals surface area contributed by atoms with E-state index in [-0.39, 0.29) is 5.57 Å². The molecule has 36 heavy (non-hydrogen) atoms. The molecule has 2 heterocycles. The molecule has 4 aromatic rings. The van der Waals surface area contributed by atoms with Crippen molar-refractivity contribution in [3.63, 3.8) is 0 Å². The van der Waals surface area contributed by atoms with Crippen LogP contribution in [-0.2, 0) is 4.79 Å². The molecule has 178 valence electrons. The lowest BCUT2D eigenvalue weighted by Gasteiger charge is -2.18. The van der Waals surface area contributed by atoms with Crippen molar-refractivity contribution in [1.82, 2.24) is 9.78 Å². The number of nitrogens with one attached hydrogen (secondary N) is 1. The number of halogens is 1. The highest BCUT2D eigenvalue weighted by molar-refractivity contribution is 6.31. The molecule has 0 bridgehead atoms. The van der Waals surface area contributed by atoms with Crippen LogP contribution in [-0.4, -0.2) is 28.9 Å². The molecule has 1 N–H and O–H groups in total. The molecule has 5 rings (SSSR count). The van der Waals surface area contributed by atoms with Gasteiger partial charge >= 0.3 is 0 Å². The SMILES string of the molecule is Cc1c(Cl)cccc1NC(=O)C(C#N)=Cc1cn(-c2ccccc2)nc1-c1ccc2c(c1)OCCO2. The largest absolute Gasteiger partial charge is 0.486 e. The Bertz CT molecular complexity index is 1520. The predicted molar refractivity (Wildman–Crippen MR) is 138 cm³/mol. The van der Waals surface area contributed by atoms with E-state index in [1.165, 1.54) is 6.08 Å². The van der Waals surface area contributed by atoms with Crippen molar-refractivity contribution in [2.75, 3.05) is 18.5 Å². The summed E-state index contributed by atoms with van der Waals surface area (Å²) < 4.78 is 13.1. The third-order valence-electron chi connectivity index (χ3n) is 5.76. The van der Waals surface area contributed by atoms with Gasteiger partial charge in [0.1, 0.15) is 30.6 Å². The molecule has 0 saturated carbocycles. The van der Waals surface area contributed by atoms with Gasteiger partial charge in [-0.3, -0.25) is 4.79 Å². The molecule has 0 aliphatic carbocycles. The summed E-state index contributed by atoms with van der Waals surface area (Å²) in [4.78, 5) is 13.0. The van der Waals surface area contributed by atoms with E-state index >= 15 is 0 Å². The number of aromatic nitrogens is 2. The summed E-state index contributed by atoms with van der Waals surface area (Å²) in [6, 6.07) is 22.4. The van der Waals surface area contributed by atoms with Crippen LogP contribution < -0.4 is 14.8 Å². The number of anilines is 1. The molecule has 7 nitrogen and oxygen atoms in total. The summed E-state index contributed by atoms with van der Waals surface area (Å²) >= 11 is 6.18. The van der Waals surface area contributed by atoms with E-state index in [1.54, 1.807) is 36.0 Å². The van der Waals surface area contributed by atoms with E-state index in [1.807, 2.05) is 54.6 Å². The van der Waals surface area contributed by atoms with Gasteiger partial charge in [-0.2, -0.15) is 10.4 Å². The number of fused-ring (bicyclic) bond motifs is 1. The van der Waals surface area contributed by atoms with E-state index in [2.05, 4.69) is 5.32 Å². The first-order valence-corrected chi connectivity index (χ1v) is 11.6. The Kier molecular flexibility index (Phi) is 6.44. The van der Waals surface area contributed by atoms with Crippen molar-refractivity contribution in [3.8, 4) is 34.5 Å². The molecule has 1 aliphatic rings. The van der Waals surface area contributed by atoms with Crippen LogP contribution in [0, 0.1) is 18.3 Å². The Labute approximate surface area is 213 Å². The Morgan fingerprint density at radius 2 is 1.86 bits per heavy atom. The third-order valence-corrected chi connectivity index (χ3v) is 6.17. The van der Waals surface area contributed by atoms with Gasteiger partial charge in [-0.1, -0.05) is 35.9 Å². The second kappa shape index (κ2) is 9.98. The summed E-state index contributed by atoms with van der Waals surface area (Å²) in [6.07, 6.45) is 3.32. The van der Waals surface area contributed by atoms with Crippen LogP contribution in [0.1, 0.15) is 11.1 Å². The maximum atomic E-state index is 13.0. The minimum Gasteiger partial charge on any atom is -0.486 e. The molecular weight excluding hydrogens is 476 g/mol. The van der Waals surface area contributed by atoms with Crippen LogP contribution in [0.15, 0.2) is 78.5 Å². The summed E-state index contributed by atoms with van der Waals surface area (Å²) in [6.45, 7) is 2.76. The lowest BCUT2D eigenvalue weighted by Crippen LogP contribution is -2.15. The number of ether oxygens (including phenoxy) is 2. The first kappa shape index (κ1) is 23.2. The van der Waals surface area contributed by atoms with E-state index in [9.17, 15) is 10.1 Å². The lowest BCUT2D eigenvalue weighted by atomic mass is 10.0. The van der Waals surface area contributed by atoms with Crippen LogP contribution >= 0.6 is 11.6 Å². The van der Waals surface area contributed by atoms with Crippen LogP contribution in [0.5, 0.6) is 11.5 Å². The fourth-order valence-electron chi connectivity index (χ4n) is 3.86. The number of nitriles is 1. The van der Waals surface area contributed by atoms with Gasteiger partial charge in [-0.05, 0) is 61.0 Å².